The molecule has 0 aliphatic heterocycles. The van der Waals surface area contributed by atoms with Crippen LogP contribution in [0, 0.1) is 0 Å². The SMILES string of the molecule is NCC(O)Cc1cnccn1. The molecule has 4 nitrogen and oxygen atoms in total. The van der Waals surface area contributed by atoms with E-state index in [0.29, 0.717) is 6.42 Å². The molecular formula is C7H11N3O. The average molecular weight is 153 g/mol. The van der Waals surface area contributed by atoms with E-state index in [0.717, 1.165) is 5.69 Å². The van der Waals surface area contributed by atoms with Gasteiger partial charge in [0, 0.05) is 31.6 Å². The molecule has 0 spiro atoms. The number of aromatic nitrogens is 2. The first-order chi connectivity index (χ1) is 5.33. The van der Waals surface area contributed by atoms with Gasteiger partial charge >= 0.3 is 0 Å². The van der Waals surface area contributed by atoms with Gasteiger partial charge in [-0.3, -0.25) is 9.97 Å². The number of aliphatic hydroxyl groups is 1. The summed E-state index contributed by atoms with van der Waals surface area (Å²) < 4.78 is 0. The van der Waals surface area contributed by atoms with Crippen LogP contribution in [-0.4, -0.2) is 27.7 Å². The second-order valence-corrected chi connectivity index (χ2v) is 2.29. The van der Waals surface area contributed by atoms with Crippen molar-refractivity contribution in [1.82, 2.24) is 9.97 Å². The molecule has 1 rings (SSSR count). The van der Waals surface area contributed by atoms with Crippen molar-refractivity contribution in [2.24, 2.45) is 5.73 Å². The van der Waals surface area contributed by atoms with E-state index in [1.807, 2.05) is 0 Å². The van der Waals surface area contributed by atoms with Crippen LogP contribution in [0.3, 0.4) is 0 Å². The number of hydrogen-bond donors (Lipinski definition) is 2. The normalized spacial score (nSPS) is 12.9. The summed E-state index contributed by atoms with van der Waals surface area (Å²) in [5.74, 6) is 0. The maximum atomic E-state index is 9.12. The second kappa shape index (κ2) is 4.00. The lowest BCUT2D eigenvalue weighted by atomic mass is 10.2. The molecule has 0 aromatic carbocycles. The molecule has 0 aliphatic rings. The highest BCUT2D eigenvalue weighted by molar-refractivity contribution is 4.96. The van der Waals surface area contributed by atoms with Gasteiger partial charge in [-0.15, -0.1) is 0 Å². The molecule has 0 amide bonds. The highest BCUT2D eigenvalue weighted by Gasteiger charge is 2.02. The van der Waals surface area contributed by atoms with Gasteiger partial charge in [-0.25, -0.2) is 0 Å². The zero-order chi connectivity index (χ0) is 8.10. The van der Waals surface area contributed by atoms with Crippen molar-refractivity contribution in [2.45, 2.75) is 12.5 Å². The largest absolute Gasteiger partial charge is 0.391 e. The Morgan fingerprint density at radius 1 is 1.55 bits per heavy atom. The first kappa shape index (κ1) is 8.10. The van der Waals surface area contributed by atoms with Gasteiger partial charge in [-0.05, 0) is 0 Å². The number of nitrogens with two attached hydrogens (primary N) is 1. The van der Waals surface area contributed by atoms with E-state index in [4.69, 9.17) is 10.8 Å². The lowest BCUT2D eigenvalue weighted by Crippen LogP contribution is -2.22. The molecule has 0 bridgehead atoms. The molecule has 0 radical (unpaired) electrons. The zero-order valence-electron chi connectivity index (χ0n) is 6.14. The molecule has 1 aromatic rings. The van der Waals surface area contributed by atoms with Gasteiger partial charge in [-0.2, -0.15) is 0 Å². The number of rotatable bonds is 3. The highest BCUT2D eigenvalue weighted by Crippen LogP contribution is 1.95. The summed E-state index contributed by atoms with van der Waals surface area (Å²) in [5.41, 5.74) is 5.99. The standard InChI is InChI=1S/C7H11N3O/c8-4-7(11)3-6-5-9-1-2-10-6/h1-2,5,7,11H,3-4,8H2. The van der Waals surface area contributed by atoms with Crippen LogP contribution in [0.4, 0.5) is 0 Å². The number of nitrogens with zero attached hydrogens (tertiary/aromatic N) is 2. The van der Waals surface area contributed by atoms with Crippen LogP contribution in [0.15, 0.2) is 18.6 Å². The van der Waals surface area contributed by atoms with Crippen LogP contribution in [0.1, 0.15) is 5.69 Å². The van der Waals surface area contributed by atoms with E-state index in [2.05, 4.69) is 9.97 Å². The van der Waals surface area contributed by atoms with Crippen LogP contribution < -0.4 is 5.73 Å². The summed E-state index contributed by atoms with van der Waals surface area (Å²) in [6.45, 7) is 0.260. The van der Waals surface area contributed by atoms with E-state index in [-0.39, 0.29) is 6.54 Å². The fourth-order valence-corrected chi connectivity index (χ4v) is 0.760. The minimum absolute atomic E-state index is 0.260. The summed E-state index contributed by atoms with van der Waals surface area (Å²) >= 11 is 0. The summed E-state index contributed by atoms with van der Waals surface area (Å²) in [5, 5.41) is 9.12. The fraction of sp³-hybridized carbons (Fsp3) is 0.429. The highest BCUT2D eigenvalue weighted by atomic mass is 16.3. The van der Waals surface area contributed by atoms with Crippen LogP contribution in [0.2, 0.25) is 0 Å². The molecule has 1 heterocycles. The van der Waals surface area contributed by atoms with Gasteiger partial charge in [0.1, 0.15) is 0 Å². The first-order valence-electron chi connectivity index (χ1n) is 3.46. The van der Waals surface area contributed by atoms with E-state index >= 15 is 0 Å². The Bertz CT molecular complexity index is 202. The Labute approximate surface area is 65.1 Å². The Hall–Kier alpha value is -1.00. The van der Waals surface area contributed by atoms with Gasteiger partial charge in [0.25, 0.3) is 0 Å². The topological polar surface area (TPSA) is 72.0 Å². The average Bonchev–Trinajstić information content (AvgIpc) is 2.06. The molecule has 1 aromatic heterocycles. The predicted molar refractivity (Wildman–Crippen MR) is 40.8 cm³/mol. The van der Waals surface area contributed by atoms with E-state index in [9.17, 15) is 0 Å². The van der Waals surface area contributed by atoms with Gasteiger partial charge in [0.15, 0.2) is 0 Å². The van der Waals surface area contributed by atoms with Crippen LogP contribution in [0.5, 0.6) is 0 Å². The molecule has 0 fully saturated rings. The lowest BCUT2D eigenvalue weighted by Gasteiger charge is -2.04. The second-order valence-electron chi connectivity index (χ2n) is 2.29. The third-order valence-corrected chi connectivity index (χ3v) is 1.33. The third-order valence-electron chi connectivity index (χ3n) is 1.33. The van der Waals surface area contributed by atoms with Gasteiger partial charge in [0.2, 0.25) is 0 Å². The van der Waals surface area contributed by atoms with Crippen molar-refractivity contribution in [1.29, 1.82) is 0 Å². The van der Waals surface area contributed by atoms with Gasteiger partial charge in [-0.1, -0.05) is 0 Å². The minimum atomic E-state index is -0.508. The van der Waals surface area contributed by atoms with Crippen LogP contribution in [-0.2, 0) is 6.42 Å². The molecule has 1 atom stereocenters. The molecule has 60 valence electrons. The van der Waals surface area contributed by atoms with Crippen molar-refractivity contribution in [2.75, 3.05) is 6.54 Å². The van der Waals surface area contributed by atoms with Crippen molar-refractivity contribution < 1.29 is 5.11 Å². The van der Waals surface area contributed by atoms with Crippen LogP contribution >= 0.6 is 0 Å². The Morgan fingerprint density at radius 2 is 2.36 bits per heavy atom. The third kappa shape index (κ3) is 2.61. The monoisotopic (exact) mass is 153 g/mol. The quantitative estimate of drug-likeness (QED) is 0.604. The van der Waals surface area contributed by atoms with Gasteiger partial charge in [0.05, 0.1) is 11.8 Å². The Balaban J connectivity index is 2.51. The van der Waals surface area contributed by atoms with Crippen molar-refractivity contribution >= 4 is 0 Å². The number of aliphatic hydroxyl groups excluding tert-OH is 1. The van der Waals surface area contributed by atoms with Crippen LogP contribution in [0.25, 0.3) is 0 Å². The van der Waals surface area contributed by atoms with Crippen molar-refractivity contribution in [3.05, 3.63) is 24.3 Å². The molecule has 4 heteroatoms. The molecule has 0 aliphatic carbocycles. The molecule has 3 N–H and O–H groups in total. The lowest BCUT2D eigenvalue weighted by molar-refractivity contribution is 0.182. The maximum Gasteiger partial charge on any atom is 0.0718 e. The molecule has 1 unspecified atom stereocenters. The maximum absolute atomic E-state index is 9.12. The van der Waals surface area contributed by atoms with Gasteiger partial charge < -0.3 is 10.8 Å². The fourth-order valence-electron chi connectivity index (χ4n) is 0.760. The zero-order valence-corrected chi connectivity index (χ0v) is 6.14. The molecular weight excluding hydrogens is 142 g/mol. The Morgan fingerprint density at radius 3 is 2.91 bits per heavy atom. The smallest absolute Gasteiger partial charge is 0.0718 e. The molecule has 0 saturated carbocycles. The summed E-state index contributed by atoms with van der Waals surface area (Å²) in [6, 6.07) is 0. The first-order valence-corrected chi connectivity index (χ1v) is 3.46. The summed E-state index contributed by atoms with van der Waals surface area (Å²) in [7, 11) is 0. The van der Waals surface area contributed by atoms with E-state index in [1.165, 1.54) is 0 Å². The Kier molecular flexibility index (Phi) is 2.95. The molecule has 0 saturated heterocycles. The summed E-state index contributed by atoms with van der Waals surface area (Å²) in [4.78, 5) is 7.85. The van der Waals surface area contributed by atoms with E-state index < -0.39 is 6.10 Å². The predicted octanol–water partition coefficient (Wildman–Crippen LogP) is -0.661. The van der Waals surface area contributed by atoms with Crippen molar-refractivity contribution in [3.63, 3.8) is 0 Å². The van der Waals surface area contributed by atoms with E-state index in [1.54, 1.807) is 18.6 Å². The molecule has 11 heavy (non-hydrogen) atoms. The van der Waals surface area contributed by atoms with Crippen molar-refractivity contribution in [3.8, 4) is 0 Å². The number of hydrogen-bond acceptors (Lipinski definition) is 4. The minimum Gasteiger partial charge on any atom is -0.391 e. The summed E-state index contributed by atoms with van der Waals surface area (Å²) in [6.07, 6.45) is 4.78.